The third-order valence-corrected chi connectivity index (χ3v) is 4.21. The van der Waals surface area contributed by atoms with Crippen molar-refractivity contribution in [3.63, 3.8) is 0 Å². The van der Waals surface area contributed by atoms with Crippen molar-refractivity contribution in [2.24, 2.45) is 0 Å². The molecule has 1 aliphatic heterocycles. The molecule has 1 saturated heterocycles. The van der Waals surface area contributed by atoms with Crippen LogP contribution in [0.2, 0.25) is 0 Å². The van der Waals surface area contributed by atoms with E-state index in [1.165, 1.54) is 6.07 Å². The Morgan fingerprint density at radius 2 is 1.88 bits per heavy atom. The Kier molecular flexibility index (Phi) is 7.16. The van der Waals surface area contributed by atoms with E-state index in [1.807, 2.05) is 4.90 Å². The molecule has 2 heterocycles. The van der Waals surface area contributed by atoms with Crippen LogP contribution in [0.5, 0.6) is 0 Å². The summed E-state index contributed by atoms with van der Waals surface area (Å²) in [6.45, 7) is 2.27. The van der Waals surface area contributed by atoms with Crippen molar-refractivity contribution in [1.82, 2.24) is 9.88 Å². The summed E-state index contributed by atoms with van der Waals surface area (Å²) in [5.74, 6) is 1.08. The minimum absolute atomic E-state index is 0.356. The molecule has 0 bridgehead atoms. The van der Waals surface area contributed by atoms with E-state index in [0.29, 0.717) is 44.5 Å². The fourth-order valence-corrected chi connectivity index (χ4v) is 2.67. The van der Waals surface area contributed by atoms with Crippen LogP contribution in [0.4, 0.5) is 23.8 Å². The summed E-state index contributed by atoms with van der Waals surface area (Å²) in [6.07, 6.45) is -1.31. The van der Waals surface area contributed by atoms with E-state index in [4.69, 9.17) is 16.3 Å². The molecule has 1 fully saturated rings. The lowest BCUT2D eigenvalue weighted by molar-refractivity contribution is -0.137. The van der Waals surface area contributed by atoms with Crippen LogP contribution >= 0.6 is 11.6 Å². The van der Waals surface area contributed by atoms with Crippen molar-refractivity contribution in [3.8, 4) is 0 Å². The summed E-state index contributed by atoms with van der Waals surface area (Å²) in [7, 11) is 0. The SMILES string of the molecule is O=C(OCCCCCCl)N1CCN(c2ccc(C(F)(F)F)cn2)CC1. The van der Waals surface area contributed by atoms with Gasteiger partial charge in [-0.1, -0.05) is 0 Å². The van der Waals surface area contributed by atoms with Crippen LogP contribution in [0.3, 0.4) is 0 Å². The maximum absolute atomic E-state index is 12.6. The molecule has 0 aromatic carbocycles. The zero-order valence-electron chi connectivity index (χ0n) is 13.8. The van der Waals surface area contributed by atoms with E-state index in [-0.39, 0.29) is 6.09 Å². The molecule has 140 valence electrons. The number of aromatic nitrogens is 1. The number of pyridine rings is 1. The lowest BCUT2D eigenvalue weighted by Gasteiger charge is -2.34. The molecule has 1 aliphatic rings. The predicted molar refractivity (Wildman–Crippen MR) is 88.9 cm³/mol. The zero-order valence-corrected chi connectivity index (χ0v) is 14.5. The van der Waals surface area contributed by atoms with E-state index >= 15 is 0 Å². The topological polar surface area (TPSA) is 45.7 Å². The first-order chi connectivity index (χ1) is 11.9. The van der Waals surface area contributed by atoms with E-state index in [9.17, 15) is 18.0 Å². The molecular formula is C16H21ClF3N3O2. The molecule has 0 atom stereocenters. The molecule has 0 spiro atoms. The maximum Gasteiger partial charge on any atom is 0.417 e. The number of piperazine rings is 1. The molecule has 0 saturated carbocycles. The van der Waals surface area contributed by atoms with Gasteiger partial charge in [0.05, 0.1) is 12.2 Å². The Labute approximate surface area is 149 Å². The maximum atomic E-state index is 12.6. The number of halogens is 4. The number of rotatable bonds is 6. The van der Waals surface area contributed by atoms with E-state index in [2.05, 4.69) is 4.98 Å². The zero-order chi connectivity index (χ0) is 18.3. The number of carbonyl (C=O) groups excluding carboxylic acids is 1. The first-order valence-electron chi connectivity index (χ1n) is 8.17. The molecule has 0 aliphatic carbocycles. The van der Waals surface area contributed by atoms with Crippen LogP contribution in [0, 0.1) is 0 Å². The molecule has 5 nitrogen and oxygen atoms in total. The molecule has 25 heavy (non-hydrogen) atoms. The Bertz CT molecular complexity index is 547. The minimum Gasteiger partial charge on any atom is -0.449 e. The average Bonchev–Trinajstić information content (AvgIpc) is 2.61. The largest absolute Gasteiger partial charge is 0.449 e. The fraction of sp³-hybridized carbons (Fsp3) is 0.625. The van der Waals surface area contributed by atoms with Crippen LogP contribution in [-0.2, 0) is 10.9 Å². The summed E-state index contributed by atoms with van der Waals surface area (Å²) in [5.41, 5.74) is -0.771. The van der Waals surface area contributed by atoms with E-state index < -0.39 is 11.7 Å². The summed E-state index contributed by atoms with van der Waals surface area (Å²) in [4.78, 5) is 19.3. The van der Waals surface area contributed by atoms with E-state index in [0.717, 1.165) is 31.5 Å². The molecule has 0 unspecified atom stereocenters. The van der Waals surface area contributed by atoms with Gasteiger partial charge in [0.25, 0.3) is 0 Å². The number of ether oxygens (including phenoxy) is 1. The van der Waals surface area contributed by atoms with Crippen LogP contribution in [-0.4, -0.2) is 54.6 Å². The fourth-order valence-electron chi connectivity index (χ4n) is 2.48. The van der Waals surface area contributed by atoms with Crippen molar-refractivity contribution in [1.29, 1.82) is 0 Å². The number of carbonyl (C=O) groups is 1. The highest BCUT2D eigenvalue weighted by molar-refractivity contribution is 6.17. The first-order valence-corrected chi connectivity index (χ1v) is 8.71. The van der Waals surface area contributed by atoms with Gasteiger partial charge in [-0.25, -0.2) is 9.78 Å². The third-order valence-electron chi connectivity index (χ3n) is 3.94. The normalized spacial score (nSPS) is 15.4. The van der Waals surface area contributed by atoms with Gasteiger partial charge in [0.15, 0.2) is 0 Å². The van der Waals surface area contributed by atoms with Crippen molar-refractivity contribution in [3.05, 3.63) is 23.9 Å². The Hall–Kier alpha value is -1.70. The monoisotopic (exact) mass is 379 g/mol. The van der Waals surface area contributed by atoms with E-state index in [1.54, 1.807) is 4.90 Å². The number of nitrogens with zero attached hydrogens (tertiary/aromatic N) is 3. The van der Waals surface area contributed by atoms with Crippen molar-refractivity contribution in [2.75, 3.05) is 43.6 Å². The van der Waals surface area contributed by atoms with Gasteiger partial charge in [-0.15, -0.1) is 11.6 Å². The number of hydrogen-bond donors (Lipinski definition) is 0. The Morgan fingerprint density at radius 3 is 2.44 bits per heavy atom. The summed E-state index contributed by atoms with van der Waals surface area (Å²) < 4.78 is 42.9. The molecule has 1 amide bonds. The summed E-state index contributed by atoms with van der Waals surface area (Å²) in [5, 5.41) is 0. The highest BCUT2D eigenvalue weighted by Crippen LogP contribution is 2.29. The van der Waals surface area contributed by atoms with Crippen molar-refractivity contribution >= 4 is 23.5 Å². The second kappa shape index (κ2) is 9.12. The molecule has 0 radical (unpaired) electrons. The summed E-state index contributed by atoms with van der Waals surface area (Å²) in [6, 6.07) is 2.37. The lowest BCUT2D eigenvalue weighted by atomic mass is 10.2. The van der Waals surface area contributed by atoms with Crippen molar-refractivity contribution in [2.45, 2.75) is 25.4 Å². The Balaban J connectivity index is 1.76. The number of hydrogen-bond acceptors (Lipinski definition) is 4. The van der Waals surface area contributed by atoms with Gasteiger partial charge >= 0.3 is 12.3 Å². The van der Waals surface area contributed by atoms with Crippen LogP contribution < -0.4 is 4.90 Å². The minimum atomic E-state index is -4.39. The lowest BCUT2D eigenvalue weighted by Crippen LogP contribution is -2.49. The second-order valence-electron chi connectivity index (χ2n) is 5.74. The predicted octanol–water partition coefficient (Wildman–Crippen LogP) is 3.77. The third kappa shape index (κ3) is 5.95. The Morgan fingerprint density at radius 1 is 1.16 bits per heavy atom. The van der Waals surface area contributed by atoms with Crippen molar-refractivity contribution < 1.29 is 22.7 Å². The highest BCUT2D eigenvalue weighted by Gasteiger charge is 2.31. The quantitative estimate of drug-likeness (QED) is 0.557. The number of unbranched alkanes of at least 4 members (excludes halogenated alkanes) is 2. The standard InChI is InChI=1S/C16H21ClF3N3O2/c17-6-2-1-3-11-25-15(24)23-9-7-22(8-10-23)14-5-4-13(12-21-14)16(18,19)20/h4-5,12H,1-3,6-11H2. The molecular weight excluding hydrogens is 359 g/mol. The number of amides is 1. The number of alkyl halides is 4. The van der Waals surface area contributed by atoms with Gasteiger partial charge < -0.3 is 14.5 Å². The van der Waals surface area contributed by atoms with Gasteiger partial charge in [-0.05, 0) is 31.4 Å². The second-order valence-corrected chi connectivity index (χ2v) is 6.12. The smallest absolute Gasteiger partial charge is 0.417 e. The van der Waals surface area contributed by atoms with Crippen LogP contribution in [0.1, 0.15) is 24.8 Å². The van der Waals surface area contributed by atoms with Gasteiger partial charge in [0, 0.05) is 38.3 Å². The van der Waals surface area contributed by atoms with Gasteiger partial charge in [0.2, 0.25) is 0 Å². The van der Waals surface area contributed by atoms with Gasteiger partial charge in [0.1, 0.15) is 5.82 Å². The molecule has 1 aromatic rings. The van der Waals surface area contributed by atoms with Crippen LogP contribution in [0.15, 0.2) is 18.3 Å². The summed E-state index contributed by atoms with van der Waals surface area (Å²) >= 11 is 5.58. The first kappa shape index (κ1) is 19.6. The van der Waals surface area contributed by atoms with Gasteiger partial charge in [-0.3, -0.25) is 0 Å². The molecule has 2 rings (SSSR count). The van der Waals surface area contributed by atoms with Crippen LogP contribution in [0.25, 0.3) is 0 Å². The average molecular weight is 380 g/mol. The highest BCUT2D eigenvalue weighted by atomic mass is 35.5. The van der Waals surface area contributed by atoms with Gasteiger partial charge in [-0.2, -0.15) is 13.2 Å². The molecule has 9 heteroatoms. The molecule has 0 N–H and O–H groups in total. The number of anilines is 1. The molecule has 1 aromatic heterocycles.